The summed E-state index contributed by atoms with van der Waals surface area (Å²) in [7, 11) is 1.34. The number of hydrogen-bond donors (Lipinski definition) is 1. The fourth-order valence-electron chi connectivity index (χ4n) is 3.22. The van der Waals surface area contributed by atoms with Crippen molar-refractivity contribution >= 4 is 24.0 Å². The number of hydrogen-bond acceptors (Lipinski definition) is 4. The predicted molar refractivity (Wildman–Crippen MR) is 105 cm³/mol. The minimum atomic E-state index is -0.455. The Morgan fingerprint density at radius 2 is 1.89 bits per heavy atom. The summed E-state index contributed by atoms with van der Waals surface area (Å²) in [5.41, 5.74) is 4.25. The van der Waals surface area contributed by atoms with Gasteiger partial charge in [0.2, 0.25) is 0 Å². The number of urea groups is 1. The molecule has 0 radical (unpaired) electrons. The summed E-state index contributed by atoms with van der Waals surface area (Å²) >= 11 is 0. The molecule has 1 aliphatic rings. The van der Waals surface area contributed by atoms with E-state index in [9.17, 15) is 14.4 Å². The lowest BCUT2D eigenvalue weighted by molar-refractivity contribution is -0.122. The fourth-order valence-corrected chi connectivity index (χ4v) is 3.22. The van der Waals surface area contributed by atoms with E-state index in [-0.39, 0.29) is 18.1 Å². The Labute approximate surface area is 162 Å². The van der Waals surface area contributed by atoms with Crippen molar-refractivity contribution in [3.63, 3.8) is 0 Å². The van der Waals surface area contributed by atoms with Crippen LogP contribution >= 0.6 is 0 Å². The second-order valence-corrected chi connectivity index (χ2v) is 6.39. The van der Waals surface area contributed by atoms with Crippen molar-refractivity contribution in [3.8, 4) is 5.69 Å². The minimum Gasteiger partial charge on any atom is -0.465 e. The summed E-state index contributed by atoms with van der Waals surface area (Å²) in [6.45, 7) is 7.60. The summed E-state index contributed by atoms with van der Waals surface area (Å²) in [5.74, 6) is -0.769. The first-order valence-electron chi connectivity index (χ1n) is 8.70. The van der Waals surface area contributed by atoms with Crippen LogP contribution in [0.15, 0.2) is 48.7 Å². The summed E-state index contributed by atoms with van der Waals surface area (Å²) in [4.78, 5) is 37.0. The van der Waals surface area contributed by atoms with Crippen LogP contribution in [0.5, 0.6) is 0 Å². The van der Waals surface area contributed by atoms with Gasteiger partial charge < -0.3 is 14.6 Å². The Hall–Kier alpha value is -3.61. The molecule has 0 atom stereocenters. The zero-order chi connectivity index (χ0) is 20.4. The lowest BCUT2D eigenvalue weighted by atomic mass is 10.2. The molecule has 28 heavy (non-hydrogen) atoms. The van der Waals surface area contributed by atoms with Gasteiger partial charge in [-0.1, -0.05) is 6.08 Å². The van der Waals surface area contributed by atoms with E-state index >= 15 is 0 Å². The van der Waals surface area contributed by atoms with E-state index in [4.69, 9.17) is 4.74 Å². The Morgan fingerprint density at radius 3 is 2.50 bits per heavy atom. The summed E-state index contributed by atoms with van der Waals surface area (Å²) in [6, 6.07) is 8.54. The van der Waals surface area contributed by atoms with E-state index in [0.29, 0.717) is 5.56 Å². The largest absolute Gasteiger partial charge is 0.465 e. The van der Waals surface area contributed by atoms with Gasteiger partial charge in [0.25, 0.3) is 5.91 Å². The zero-order valence-electron chi connectivity index (χ0n) is 16.0. The van der Waals surface area contributed by atoms with Crippen LogP contribution in [0.25, 0.3) is 11.8 Å². The number of nitrogens with one attached hydrogen (secondary N) is 1. The molecule has 0 bridgehead atoms. The molecular formula is C21H21N3O4. The van der Waals surface area contributed by atoms with Crippen LogP contribution in [0.4, 0.5) is 4.79 Å². The predicted octanol–water partition coefficient (Wildman–Crippen LogP) is 2.96. The van der Waals surface area contributed by atoms with Gasteiger partial charge in [0, 0.05) is 23.6 Å². The van der Waals surface area contributed by atoms with Gasteiger partial charge in [-0.15, -0.1) is 6.58 Å². The van der Waals surface area contributed by atoms with Crippen LogP contribution in [0.1, 0.15) is 27.3 Å². The Bertz CT molecular complexity index is 999. The Kier molecular flexibility index (Phi) is 5.17. The summed E-state index contributed by atoms with van der Waals surface area (Å²) < 4.78 is 6.73. The molecule has 0 unspecified atom stereocenters. The standard InChI is InChI=1S/C21H21N3O4/c1-5-10-23-19(25)18(22-21(23)27)12-16-11-13(2)24(14(16)3)17-8-6-15(7-9-17)20(26)28-4/h5-9,11-12H,1,10H2,2-4H3,(H,22,27)/b18-12+. The average Bonchev–Trinajstić information content (AvgIpc) is 3.11. The smallest absolute Gasteiger partial charge is 0.337 e. The van der Waals surface area contributed by atoms with Crippen molar-refractivity contribution in [3.05, 3.63) is 71.2 Å². The topological polar surface area (TPSA) is 80.6 Å². The van der Waals surface area contributed by atoms with Gasteiger partial charge in [-0.2, -0.15) is 0 Å². The third kappa shape index (κ3) is 3.34. The SMILES string of the molecule is C=CCN1C(=O)N/C(=C/c2cc(C)n(-c3ccc(C(=O)OC)cc3)c2C)C1=O. The third-order valence-corrected chi connectivity index (χ3v) is 4.59. The number of amides is 3. The van der Waals surface area contributed by atoms with Crippen molar-refractivity contribution in [2.45, 2.75) is 13.8 Å². The lowest BCUT2D eigenvalue weighted by Crippen LogP contribution is -2.30. The number of carbonyl (C=O) groups excluding carboxylic acids is 3. The molecule has 1 fully saturated rings. The molecule has 2 heterocycles. The second kappa shape index (κ2) is 7.56. The molecule has 3 amide bonds. The maximum atomic E-state index is 12.4. The minimum absolute atomic E-state index is 0.160. The molecule has 3 rings (SSSR count). The highest BCUT2D eigenvalue weighted by Crippen LogP contribution is 2.24. The van der Waals surface area contributed by atoms with Crippen molar-refractivity contribution in [2.24, 2.45) is 0 Å². The van der Waals surface area contributed by atoms with Gasteiger partial charge in [-0.3, -0.25) is 9.69 Å². The molecule has 1 N–H and O–H groups in total. The second-order valence-electron chi connectivity index (χ2n) is 6.39. The van der Waals surface area contributed by atoms with Gasteiger partial charge in [0.1, 0.15) is 5.70 Å². The van der Waals surface area contributed by atoms with E-state index < -0.39 is 12.0 Å². The van der Waals surface area contributed by atoms with Gasteiger partial charge in [0.05, 0.1) is 12.7 Å². The first-order valence-corrected chi connectivity index (χ1v) is 8.70. The number of benzene rings is 1. The highest BCUT2D eigenvalue weighted by Gasteiger charge is 2.32. The number of esters is 1. The highest BCUT2D eigenvalue weighted by atomic mass is 16.5. The molecule has 0 saturated carbocycles. The van der Waals surface area contributed by atoms with Gasteiger partial charge in [-0.25, -0.2) is 9.59 Å². The van der Waals surface area contributed by atoms with Crippen molar-refractivity contribution in [1.29, 1.82) is 0 Å². The third-order valence-electron chi connectivity index (χ3n) is 4.59. The number of rotatable bonds is 5. The highest BCUT2D eigenvalue weighted by molar-refractivity contribution is 6.14. The Morgan fingerprint density at radius 1 is 1.21 bits per heavy atom. The average molecular weight is 379 g/mol. The molecule has 1 saturated heterocycles. The van der Waals surface area contributed by atoms with Crippen LogP contribution in [-0.4, -0.2) is 41.0 Å². The van der Waals surface area contributed by atoms with E-state index in [2.05, 4.69) is 11.9 Å². The van der Waals surface area contributed by atoms with Crippen molar-refractivity contribution in [2.75, 3.05) is 13.7 Å². The van der Waals surface area contributed by atoms with Crippen molar-refractivity contribution < 1.29 is 19.1 Å². The van der Waals surface area contributed by atoms with Crippen LogP contribution in [0, 0.1) is 13.8 Å². The molecule has 1 aliphatic heterocycles. The van der Waals surface area contributed by atoms with E-state index in [1.165, 1.54) is 13.2 Å². The monoisotopic (exact) mass is 379 g/mol. The molecule has 1 aromatic carbocycles. The number of imide groups is 1. The van der Waals surface area contributed by atoms with E-state index in [0.717, 1.165) is 27.5 Å². The van der Waals surface area contributed by atoms with Crippen LogP contribution < -0.4 is 5.32 Å². The van der Waals surface area contributed by atoms with Crippen molar-refractivity contribution in [1.82, 2.24) is 14.8 Å². The van der Waals surface area contributed by atoms with Crippen LogP contribution in [-0.2, 0) is 9.53 Å². The normalized spacial score (nSPS) is 15.1. The molecule has 7 heteroatoms. The van der Waals surface area contributed by atoms with Crippen LogP contribution in [0.3, 0.4) is 0 Å². The van der Waals surface area contributed by atoms with Gasteiger partial charge in [-0.05, 0) is 55.8 Å². The van der Waals surface area contributed by atoms with Gasteiger partial charge >= 0.3 is 12.0 Å². The number of aryl methyl sites for hydroxylation is 1. The number of aromatic nitrogens is 1. The number of ether oxygens (including phenoxy) is 1. The van der Waals surface area contributed by atoms with Gasteiger partial charge in [0.15, 0.2) is 0 Å². The molecular weight excluding hydrogens is 358 g/mol. The molecule has 1 aromatic heterocycles. The quantitative estimate of drug-likeness (QED) is 0.375. The van der Waals surface area contributed by atoms with Crippen LogP contribution in [0.2, 0.25) is 0 Å². The Balaban J connectivity index is 1.95. The molecule has 0 spiro atoms. The lowest BCUT2D eigenvalue weighted by Gasteiger charge is -2.10. The first-order chi connectivity index (χ1) is 13.4. The molecule has 7 nitrogen and oxygen atoms in total. The van der Waals surface area contributed by atoms with E-state index in [1.54, 1.807) is 18.2 Å². The number of nitrogens with zero attached hydrogens (tertiary/aromatic N) is 2. The fraction of sp³-hybridized carbons (Fsp3) is 0.190. The maximum Gasteiger partial charge on any atom is 0.337 e. The zero-order valence-corrected chi connectivity index (χ0v) is 16.0. The number of methoxy groups -OCH3 is 1. The summed E-state index contributed by atoms with van der Waals surface area (Å²) in [6.07, 6.45) is 3.18. The first kappa shape index (κ1) is 19.2. The maximum absolute atomic E-state index is 12.4. The molecule has 2 aromatic rings. The number of carbonyl (C=O) groups is 3. The summed E-state index contributed by atoms with van der Waals surface area (Å²) in [5, 5.41) is 2.60. The molecule has 144 valence electrons. The van der Waals surface area contributed by atoms with E-state index in [1.807, 2.05) is 36.6 Å². The molecule has 0 aliphatic carbocycles.